The molecule has 0 aromatic heterocycles. The van der Waals surface area contributed by atoms with E-state index in [1.807, 2.05) is 30.3 Å². The van der Waals surface area contributed by atoms with E-state index in [0.717, 1.165) is 16.9 Å². The van der Waals surface area contributed by atoms with Crippen molar-refractivity contribution < 1.29 is 22.7 Å². The lowest BCUT2D eigenvalue weighted by Gasteiger charge is -2.29. The van der Waals surface area contributed by atoms with Gasteiger partial charge < -0.3 is 9.64 Å². The fraction of sp³-hybridized carbons (Fsp3) is 0.320. The first-order valence-electron chi connectivity index (χ1n) is 11.3. The van der Waals surface area contributed by atoms with Crippen molar-refractivity contribution >= 4 is 67.6 Å². The highest BCUT2D eigenvalue weighted by molar-refractivity contribution is 8.26. The molecule has 2 aromatic carbocycles. The van der Waals surface area contributed by atoms with Crippen LogP contribution in [0.5, 0.6) is 5.75 Å². The predicted molar refractivity (Wildman–Crippen MR) is 147 cm³/mol. The summed E-state index contributed by atoms with van der Waals surface area (Å²) in [5, 5.41) is 0.542. The van der Waals surface area contributed by atoms with E-state index in [0.29, 0.717) is 20.7 Å². The monoisotopic (exact) mass is 564 g/mol. The Bertz CT molecular complexity index is 1310. The molecular weight excluding hydrogens is 540 g/mol. The van der Waals surface area contributed by atoms with E-state index in [1.54, 1.807) is 36.3 Å². The molecule has 0 spiro atoms. The molecule has 2 fully saturated rings. The highest BCUT2D eigenvalue weighted by Crippen LogP contribution is 2.33. The Labute approximate surface area is 225 Å². The van der Waals surface area contributed by atoms with Crippen LogP contribution in [0.25, 0.3) is 6.08 Å². The number of methoxy groups -OCH3 is 1. The quantitative estimate of drug-likeness (QED) is 0.352. The topological polar surface area (TPSA) is 84.0 Å². The van der Waals surface area contributed by atoms with Crippen LogP contribution < -0.4 is 4.74 Å². The fourth-order valence-corrected chi connectivity index (χ4v) is 7.42. The van der Waals surface area contributed by atoms with E-state index in [9.17, 15) is 18.0 Å². The summed E-state index contributed by atoms with van der Waals surface area (Å²) in [5.74, 6) is 0.228. The average Bonchev–Trinajstić information content (AvgIpc) is 3.33. The second-order valence-electron chi connectivity index (χ2n) is 8.56. The van der Waals surface area contributed by atoms with Gasteiger partial charge in [-0.15, -0.1) is 0 Å². The lowest BCUT2D eigenvalue weighted by molar-refractivity contribution is -0.134. The van der Waals surface area contributed by atoms with Gasteiger partial charge in [-0.1, -0.05) is 59.8 Å². The van der Waals surface area contributed by atoms with Crippen molar-refractivity contribution in [1.29, 1.82) is 0 Å². The van der Waals surface area contributed by atoms with Crippen molar-refractivity contribution in [1.82, 2.24) is 9.80 Å². The molecule has 0 aliphatic carbocycles. The minimum atomic E-state index is -3.19. The van der Waals surface area contributed by atoms with E-state index < -0.39 is 15.9 Å². The Morgan fingerprint density at radius 1 is 1.28 bits per heavy atom. The number of amides is 2. The number of thioether (sulfide) groups is 1. The summed E-state index contributed by atoms with van der Waals surface area (Å²) < 4.78 is 29.8. The summed E-state index contributed by atoms with van der Waals surface area (Å²) in [6.45, 7) is 0.365. The summed E-state index contributed by atoms with van der Waals surface area (Å²) in [7, 11) is -1.60. The number of benzene rings is 2. The van der Waals surface area contributed by atoms with E-state index in [4.69, 9.17) is 28.6 Å². The van der Waals surface area contributed by atoms with Gasteiger partial charge in [0.05, 0.1) is 23.5 Å². The van der Waals surface area contributed by atoms with Crippen molar-refractivity contribution in [3.63, 3.8) is 0 Å². The SMILES string of the molecule is COc1ccc(/C=C2\SC(=S)N(CCC(=O)N(Cc3cccc(Cl)c3)C3CCS(=O)(=O)C3)C2=O)cc1. The molecule has 2 aliphatic rings. The van der Waals surface area contributed by atoms with Gasteiger partial charge in [0.15, 0.2) is 9.84 Å². The third-order valence-corrected chi connectivity index (χ3v) is 9.41. The number of ether oxygens (including phenoxy) is 1. The van der Waals surface area contributed by atoms with Crippen LogP contribution in [0.4, 0.5) is 0 Å². The zero-order valence-electron chi connectivity index (χ0n) is 19.6. The number of hydrogen-bond donors (Lipinski definition) is 0. The summed E-state index contributed by atoms with van der Waals surface area (Å²) in [6, 6.07) is 14.0. The number of carbonyl (C=O) groups is 2. The smallest absolute Gasteiger partial charge is 0.266 e. The van der Waals surface area contributed by atoms with Crippen LogP contribution in [0.15, 0.2) is 53.4 Å². The maximum absolute atomic E-state index is 13.3. The van der Waals surface area contributed by atoms with E-state index in [2.05, 4.69) is 0 Å². The van der Waals surface area contributed by atoms with Crippen LogP contribution in [0.3, 0.4) is 0 Å². The summed E-state index contributed by atoms with van der Waals surface area (Å²) in [5.41, 5.74) is 1.65. The van der Waals surface area contributed by atoms with E-state index in [1.165, 1.54) is 16.7 Å². The zero-order chi connectivity index (χ0) is 25.9. The van der Waals surface area contributed by atoms with Crippen LogP contribution in [-0.2, 0) is 26.0 Å². The van der Waals surface area contributed by atoms with Gasteiger partial charge in [0.25, 0.3) is 5.91 Å². The Morgan fingerprint density at radius 2 is 2.03 bits per heavy atom. The van der Waals surface area contributed by atoms with Crippen molar-refractivity contribution in [3.8, 4) is 5.75 Å². The number of rotatable bonds is 8. The summed E-state index contributed by atoms with van der Waals surface area (Å²) in [6.07, 6.45) is 2.18. The number of hydrogen-bond acceptors (Lipinski definition) is 7. The Kier molecular flexibility index (Phi) is 8.39. The van der Waals surface area contributed by atoms with Gasteiger partial charge in [-0.2, -0.15) is 0 Å². The summed E-state index contributed by atoms with van der Waals surface area (Å²) in [4.78, 5) is 29.8. The lowest BCUT2D eigenvalue weighted by atomic mass is 10.1. The number of halogens is 1. The largest absolute Gasteiger partial charge is 0.497 e. The average molecular weight is 565 g/mol. The van der Waals surface area contributed by atoms with Crippen LogP contribution in [0, 0.1) is 0 Å². The number of nitrogens with zero attached hydrogens (tertiary/aromatic N) is 2. The van der Waals surface area contributed by atoms with Crippen LogP contribution >= 0.6 is 35.6 Å². The fourth-order valence-electron chi connectivity index (χ4n) is 4.17. The van der Waals surface area contributed by atoms with Gasteiger partial charge in [0, 0.05) is 30.6 Å². The molecule has 2 aliphatic heterocycles. The molecule has 2 saturated heterocycles. The molecule has 190 valence electrons. The Morgan fingerprint density at radius 3 is 2.67 bits per heavy atom. The molecule has 1 unspecified atom stereocenters. The number of carbonyl (C=O) groups excluding carboxylic acids is 2. The third kappa shape index (κ3) is 6.47. The van der Waals surface area contributed by atoms with Crippen LogP contribution in [0.1, 0.15) is 24.0 Å². The first kappa shape index (κ1) is 26.7. The third-order valence-electron chi connectivity index (χ3n) is 6.05. The number of thiocarbonyl (C=S) groups is 1. The minimum absolute atomic E-state index is 0.0272. The molecule has 7 nitrogen and oxygen atoms in total. The highest BCUT2D eigenvalue weighted by Gasteiger charge is 2.36. The molecule has 1 atom stereocenters. The molecule has 0 radical (unpaired) electrons. The standard InChI is InChI=1S/C25H25ClN2O5S3/c1-33-21-7-5-17(6-8-21)14-22-24(30)27(25(34)35-22)11-9-23(29)28(20-10-12-36(31,32)16-20)15-18-3-2-4-19(26)13-18/h2-8,13-14,20H,9-12,15-16H2,1H3/b22-14-. The van der Waals surface area contributed by atoms with Gasteiger partial charge in [0.2, 0.25) is 5.91 Å². The normalized spacial score (nSPS) is 20.2. The van der Waals surface area contributed by atoms with Crippen molar-refractivity contribution in [2.24, 2.45) is 0 Å². The molecule has 4 rings (SSSR count). The van der Waals surface area contributed by atoms with Crippen LogP contribution in [0.2, 0.25) is 5.02 Å². The molecule has 2 aromatic rings. The van der Waals surface area contributed by atoms with Crippen LogP contribution in [-0.4, -0.2) is 65.6 Å². The second-order valence-corrected chi connectivity index (χ2v) is 12.9. The van der Waals surface area contributed by atoms with Gasteiger partial charge in [0.1, 0.15) is 10.1 Å². The van der Waals surface area contributed by atoms with Crippen molar-refractivity contribution in [3.05, 3.63) is 69.6 Å². The molecule has 0 N–H and O–H groups in total. The molecule has 0 bridgehead atoms. The van der Waals surface area contributed by atoms with Gasteiger partial charge in [-0.3, -0.25) is 14.5 Å². The molecule has 0 saturated carbocycles. The maximum atomic E-state index is 13.3. The lowest BCUT2D eigenvalue weighted by Crippen LogP contribution is -2.42. The summed E-state index contributed by atoms with van der Waals surface area (Å²) >= 11 is 12.7. The molecule has 11 heteroatoms. The van der Waals surface area contributed by atoms with E-state index >= 15 is 0 Å². The van der Waals surface area contributed by atoms with Gasteiger partial charge in [-0.25, -0.2) is 8.42 Å². The van der Waals surface area contributed by atoms with Gasteiger partial charge >= 0.3 is 0 Å². The first-order chi connectivity index (χ1) is 17.1. The maximum Gasteiger partial charge on any atom is 0.266 e. The minimum Gasteiger partial charge on any atom is -0.497 e. The second kappa shape index (κ2) is 11.3. The van der Waals surface area contributed by atoms with E-state index in [-0.39, 0.29) is 42.8 Å². The zero-order valence-corrected chi connectivity index (χ0v) is 22.8. The molecular formula is C25H25ClN2O5S3. The first-order valence-corrected chi connectivity index (χ1v) is 14.7. The highest BCUT2D eigenvalue weighted by atomic mass is 35.5. The molecule has 36 heavy (non-hydrogen) atoms. The van der Waals surface area contributed by atoms with Crippen molar-refractivity contribution in [2.75, 3.05) is 25.2 Å². The molecule has 2 amide bonds. The predicted octanol–water partition coefficient (Wildman–Crippen LogP) is 4.16. The Balaban J connectivity index is 1.45. The number of sulfone groups is 1. The Hall–Kier alpha value is -2.40. The molecule has 2 heterocycles. The van der Waals surface area contributed by atoms with Gasteiger partial charge in [-0.05, 0) is 47.9 Å². The van der Waals surface area contributed by atoms with Crippen molar-refractivity contribution in [2.45, 2.75) is 25.4 Å².